The molecule has 0 saturated carbocycles. The van der Waals surface area contributed by atoms with Gasteiger partial charge in [-0.2, -0.15) is 0 Å². The Labute approximate surface area is 296 Å². The molecule has 2 nitrogen and oxygen atoms in total. The van der Waals surface area contributed by atoms with Crippen LogP contribution in [0.25, 0.3) is 56.2 Å². The van der Waals surface area contributed by atoms with Gasteiger partial charge in [0.25, 0.3) is 0 Å². The number of benzene rings is 7. The Morgan fingerprint density at radius 1 is 0.340 bits per heavy atom. The maximum atomic E-state index is 5.11. The van der Waals surface area contributed by atoms with Crippen LogP contribution in [0.4, 0.5) is 0 Å². The van der Waals surface area contributed by atoms with Crippen molar-refractivity contribution in [1.29, 1.82) is 0 Å². The minimum absolute atomic E-state index is 0.371. The molecule has 0 amide bonds. The summed E-state index contributed by atoms with van der Waals surface area (Å²) >= 11 is 1.88. The zero-order valence-corrected chi connectivity index (χ0v) is 27.9. The average Bonchev–Trinajstić information content (AvgIpc) is 3.49. The first-order valence-electron chi connectivity index (χ1n) is 17.0. The molecule has 50 heavy (non-hydrogen) atoms. The number of rotatable bonds is 4. The minimum Gasteiger partial charge on any atom is -0.228 e. The van der Waals surface area contributed by atoms with E-state index in [9.17, 15) is 0 Å². The number of hydrogen-bond acceptors (Lipinski definition) is 3. The zero-order chi connectivity index (χ0) is 33.1. The lowest BCUT2D eigenvalue weighted by atomic mass is 9.67. The molecular weight excluding hydrogens is 625 g/mol. The Balaban J connectivity index is 1.12. The minimum atomic E-state index is -0.371. The van der Waals surface area contributed by atoms with Crippen molar-refractivity contribution in [1.82, 2.24) is 9.97 Å². The summed E-state index contributed by atoms with van der Waals surface area (Å²) in [6, 6.07) is 65.4. The van der Waals surface area contributed by atoms with Gasteiger partial charge in [0.15, 0.2) is 5.82 Å². The lowest BCUT2D eigenvalue weighted by Gasteiger charge is -2.39. The Hall–Kier alpha value is -6.03. The van der Waals surface area contributed by atoms with Crippen LogP contribution in [0.2, 0.25) is 0 Å². The van der Waals surface area contributed by atoms with E-state index in [4.69, 9.17) is 9.97 Å². The van der Waals surface area contributed by atoms with Crippen LogP contribution in [0.5, 0.6) is 0 Å². The van der Waals surface area contributed by atoms with Crippen LogP contribution in [0, 0.1) is 0 Å². The van der Waals surface area contributed by atoms with Gasteiger partial charge in [0, 0.05) is 26.5 Å². The molecule has 0 N–H and O–H groups in total. The van der Waals surface area contributed by atoms with Gasteiger partial charge in [-0.3, -0.25) is 0 Å². The van der Waals surface area contributed by atoms with Crippen molar-refractivity contribution < 1.29 is 0 Å². The highest BCUT2D eigenvalue weighted by atomic mass is 32.2. The van der Waals surface area contributed by atoms with Crippen molar-refractivity contribution in [3.05, 3.63) is 204 Å². The van der Waals surface area contributed by atoms with E-state index in [-0.39, 0.29) is 5.41 Å². The normalized spacial score (nSPS) is 13.3. The summed E-state index contributed by atoms with van der Waals surface area (Å²) in [7, 11) is 0. The molecule has 1 aliphatic carbocycles. The third-order valence-electron chi connectivity index (χ3n) is 10.2. The summed E-state index contributed by atoms with van der Waals surface area (Å²) in [6.07, 6.45) is 0. The second-order valence-electron chi connectivity index (χ2n) is 12.9. The first kappa shape index (κ1) is 28.9. The van der Waals surface area contributed by atoms with E-state index in [1.54, 1.807) is 0 Å². The van der Waals surface area contributed by atoms with Crippen LogP contribution in [0.15, 0.2) is 192 Å². The molecule has 0 radical (unpaired) electrons. The molecule has 3 heteroatoms. The third kappa shape index (κ3) is 4.44. The van der Waals surface area contributed by atoms with Crippen molar-refractivity contribution in [2.24, 2.45) is 0 Å². The number of aromatic nitrogens is 2. The topological polar surface area (TPSA) is 25.8 Å². The summed E-state index contributed by atoms with van der Waals surface area (Å²) in [6.45, 7) is 0. The van der Waals surface area contributed by atoms with Crippen molar-refractivity contribution in [3.8, 4) is 56.2 Å². The molecule has 7 aromatic carbocycles. The average molecular weight is 655 g/mol. The lowest BCUT2D eigenvalue weighted by Crippen LogP contribution is -2.31. The van der Waals surface area contributed by atoms with Crippen LogP contribution in [-0.2, 0) is 5.41 Å². The Morgan fingerprint density at radius 2 is 0.840 bits per heavy atom. The highest BCUT2D eigenvalue weighted by molar-refractivity contribution is 7.99. The van der Waals surface area contributed by atoms with Gasteiger partial charge in [-0.05, 0) is 68.8 Å². The summed E-state index contributed by atoms with van der Waals surface area (Å²) in [5.74, 6) is 0.714. The van der Waals surface area contributed by atoms with Crippen LogP contribution >= 0.6 is 11.8 Å². The van der Waals surface area contributed by atoms with E-state index in [1.165, 1.54) is 48.7 Å². The van der Waals surface area contributed by atoms with E-state index in [1.807, 2.05) is 23.9 Å². The first-order chi connectivity index (χ1) is 24.8. The number of hydrogen-bond donors (Lipinski definition) is 0. The van der Waals surface area contributed by atoms with E-state index >= 15 is 0 Å². The van der Waals surface area contributed by atoms with Crippen molar-refractivity contribution in [2.75, 3.05) is 0 Å². The van der Waals surface area contributed by atoms with Gasteiger partial charge in [-0.25, -0.2) is 9.97 Å². The number of nitrogens with zero attached hydrogens (tertiary/aromatic N) is 2. The standard InChI is InChI=1S/C47H30N2S/c1-3-14-31(15-4-1)42-30-43(32-16-5-2-6-17-32)49-46(48-42)35-19-13-18-33(28-35)34-26-27-41-45(29-34)50-44-25-12-11-24-40(44)47(41)38-22-9-7-20-36(38)37-21-8-10-23-39(37)47/h1-30H. The Bertz CT molecular complexity index is 2470. The van der Waals surface area contributed by atoms with Gasteiger partial charge in [0.1, 0.15) is 0 Å². The summed E-state index contributed by atoms with van der Waals surface area (Å²) in [5.41, 5.74) is 14.9. The molecular formula is C47H30N2S. The monoisotopic (exact) mass is 654 g/mol. The second-order valence-corrected chi connectivity index (χ2v) is 14.0. The highest BCUT2D eigenvalue weighted by Gasteiger charge is 2.49. The summed E-state index contributed by atoms with van der Waals surface area (Å²) < 4.78 is 0. The van der Waals surface area contributed by atoms with Gasteiger partial charge < -0.3 is 0 Å². The third-order valence-corrected chi connectivity index (χ3v) is 11.3. The fraction of sp³-hybridized carbons (Fsp3) is 0.0213. The molecule has 1 aliphatic heterocycles. The molecule has 0 atom stereocenters. The Kier molecular flexibility index (Phi) is 6.68. The lowest BCUT2D eigenvalue weighted by molar-refractivity contribution is 0.722. The van der Waals surface area contributed by atoms with Crippen LogP contribution in [0.1, 0.15) is 22.3 Å². The summed E-state index contributed by atoms with van der Waals surface area (Å²) in [4.78, 5) is 12.8. The molecule has 1 aromatic heterocycles. The van der Waals surface area contributed by atoms with E-state index in [0.717, 1.165) is 33.6 Å². The SMILES string of the molecule is c1ccc(-c2cc(-c3ccccc3)nc(-c3cccc(-c4ccc5c(c4)Sc4ccccc4C54c5ccccc5-c5ccccc54)c3)n2)cc1. The van der Waals surface area contributed by atoms with Gasteiger partial charge in [0.2, 0.25) is 0 Å². The smallest absolute Gasteiger partial charge is 0.160 e. The van der Waals surface area contributed by atoms with Crippen molar-refractivity contribution in [3.63, 3.8) is 0 Å². The quantitative estimate of drug-likeness (QED) is 0.189. The highest BCUT2D eigenvalue weighted by Crippen LogP contribution is 2.62. The van der Waals surface area contributed by atoms with Gasteiger partial charge in [-0.1, -0.05) is 169 Å². The molecule has 10 rings (SSSR count). The van der Waals surface area contributed by atoms with Gasteiger partial charge >= 0.3 is 0 Å². The van der Waals surface area contributed by atoms with Crippen molar-refractivity contribution in [2.45, 2.75) is 15.2 Å². The molecule has 2 heterocycles. The largest absolute Gasteiger partial charge is 0.228 e. The van der Waals surface area contributed by atoms with Crippen LogP contribution in [-0.4, -0.2) is 9.97 Å². The molecule has 8 aromatic rings. The van der Waals surface area contributed by atoms with Crippen LogP contribution in [0.3, 0.4) is 0 Å². The maximum absolute atomic E-state index is 5.11. The maximum Gasteiger partial charge on any atom is 0.160 e. The number of fused-ring (bicyclic) bond motifs is 9. The molecule has 0 saturated heterocycles. The van der Waals surface area contributed by atoms with Crippen molar-refractivity contribution >= 4 is 11.8 Å². The Morgan fingerprint density at radius 3 is 1.50 bits per heavy atom. The summed E-state index contributed by atoms with van der Waals surface area (Å²) in [5, 5.41) is 0. The zero-order valence-electron chi connectivity index (χ0n) is 27.1. The van der Waals surface area contributed by atoms with Crippen LogP contribution < -0.4 is 0 Å². The van der Waals surface area contributed by atoms with Gasteiger partial charge in [0.05, 0.1) is 16.8 Å². The van der Waals surface area contributed by atoms with E-state index < -0.39 is 0 Å². The first-order valence-corrected chi connectivity index (χ1v) is 17.8. The molecule has 2 aliphatic rings. The van der Waals surface area contributed by atoms with E-state index in [0.29, 0.717) is 5.82 Å². The molecule has 0 bridgehead atoms. The predicted octanol–water partition coefficient (Wildman–Crippen LogP) is 12.0. The molecule has 234 valence electrons. The fourth-order valence-electron chi connectivity index (χ4n) is 7.97. The van der Waals surface area contributed by atoms with E-state index in [2.05, 4.69) is 170 Å². The molecule has 1 spiro atoms. The second kappa shape index (κ2) is 11.5. The predicted molar refractivity (Wildman–Crippen MR) is 205 cm³/mol. The molecule has 0 unspecified atom stereocenters. The molecule has 0 fully saturated rings. The van der Waals surface area contributed by atoms with Gasteiger partial charge in [-0.15, -0.1) is 0 Å². The fourth-order valence-corrected chi connectivity index (χ4v) is 9.20.